The lowest BCUT2D eigenvalue weighted by Gasteiger charge is -2.20. The molecule has 0 spiro atoms. The van der Waals surface area contributed by atoms with Gasteiger partial charge in [-0.3, -0.25) is 0 Å². The monoisotopic (exact) mass is 286 g/mol. The summed E-state index contributed by atoms with van der Waals surface area (Å²) in [6.45, 7) is 9.68. The number of aliphatic hydroxyl groups is 1. The summed E-state index contributed by atoms with van der Waals surface area (Å²) >= 11 is 0. The van der Waals surface area contributed by atoms with E-state index in [0.29, 0.717) is 6.42 Å². The molecule has 0 radical (unpaired) electrons. The summed E-state index contributed by atoms with van der Waals surface area (Å²) in [5, 5.41) is 10.4. The minimum atomic E-state index is -0.503. The molecule has 0 aliphatic carbocycles. The largest absolute Gasteiger partial charge is 0.388 e. The Hall–Kier alpha value is -1.61. The van der Waals surface area contributed by atoms with Gasteiger partial charge in [0, 0.05) is 25.4 Å². The molecule has 1 aromatic carbocycles. The number of aromatic nitrogens is 2. The Morgan fingerprint density at radius 2 is 1.86 bits per heavy atom. The van der Waals surface area contributed by atoms with Crippen LogP contribution in [0, 0.1) is 0 Å². The van der Waals surface area contributed by atoms with Crippen LogP contribution in [-0.4, -0.2) is 14.7 Å². The van der Waals surface area contributed by atoms with Crippen molar-refractivity contribution in [2.45, 2.75) is 58.6 Å². The maximum Gasteiger partial charge on any atom is 0.111 e. The Morgan fingerprint density at radius 1 is 1.19 bits per heavy atom. The SMILES string of the molecule is CCCn1ccnc1CC(O)c1ccc(C(C)(C)C)cc1. The normalized spacial score (nSPS) is 13.4. The van der Waals surface area contributed by atoms with Gasteiger partial charge in [-0.15, -0.1) is 0 Å². The maximum atomic E-state index is 10.4. The molecule has 3 nitrogen and oxygen atoms in total. The molecule has 1 aromatic heterocycles. The van der Waals surface area contributed by atoms with Crippen LogP contribution in [0.4, 0.5) is 0 Å². The number of nitrogens with zero attached hydrogens (tertiary/aromatic N) is 2. The number of rotatable bonds is 5. The van der Waals surface area contributed by atoms with E-state index < -0.39 is 6.10 Å². The van der Waals surface area contributed by atoms with Gasteiger partial charge in [0.15, 0.2) is 0 Å². The fraction of sp³-hybridized carbons (Fsp3) is 0.500. The van der Waals surface area contributed by atoms with Gasteiger partial charge in [-0.1, -0.05) is 52.0 Å². The topological polar surface area (TPSA) is 38.0 Å². The zero-order chi connectivity index (χ0) is 15.5. The summed E-state index contributed by atoms with van der Waals surface area (Å²) in [6.07, 6.45) is 4.91. The van der Waals surface area contributed by atoms with Crippen molar-refractivity contribution in [3.05, 3.63) is 53.6 Å². The van der Waals surface area contributed by atoms with E-state index in [4.69, 9.17) is 0 Å². The van der Waals surface area contributed by atoms with Crippen LogP contribution < -0.4 is 0 Å². The highest BCUT2D eigenvalue weighted by Gasteiger charge is 2.16. The average Bonchev–Trinajstić information content (AvgIpc) is 2.86. The molecule has 114 valence electrons. The fourth-order valence-electron chi connectivity index (χ4n) is 2.47. The highest BCUT2D eigenvalue weighted by atomic mass is 16.3. The molecule has 2 rings (SSSR count). The summed E-state index contributed by atoms with van der Waals surface area (Å²) in [5.74, 6) is 0.948. The van der Waals surface area contributed by atoms with Gasteiger partial charge in [0.2, 0.25) is 0 Å². The Labute approximate surface area is 127 Å². The third-order valence-electron chi connectivity index (χ3n) is 3.80. The minimum absolute atomic E-state index is 0.140. The number of aliphatic hydroxyl groups excluding tert-OH is 1. The van der Waals surface area contributed by atoms with E-state index in [2.05, 4.69) is 49.4 Å². The van der Waals surface area contributed by atoms with Crippen molar-refractivity contribution in [1.29, 1.82) is 0 Å². The summed E-state index contributed by atoms with van der Waals surface area (Å²) in [4.78, 5) is 4.36. The standard InChI is InChI=1S/C18H26N2O/c1-5-11-20-12-10-19-17(20)13-16(21)14-6-8-15(9-7-14)18(2,3)4/h6-10,12,16,21H,5,11,13H2,1-4H3. The van der Waals surface area contributed by atoms with Crippen LogP contribution in [0.25, 0.3) is 0 Å². The van der Waals surface area contributed by atoms with Crippen LogP contribution in [0.3, 0.4) is 0 Å². The van der Waals surface area contributed by atoms with Crippen LogP contribution in [-0.2, 0) is 18.4 Å². The van der Waals surface area contributed by atoms with Crippen LogP contribution in [0.5, 0.6) is 0 Å². The van der Waals surface area contributed by atoms with Crippen LogP contribution in [0.15, 0.2) is 36.7 Å². The van der Waals surface area contributed by atoms with Crippen molar-refractivity contribution in [2.24, 2.45) is 0 Å². The quantitative estimate of drug-likeness (QED) is 0.906. The number of benzene rings is 1. The number of imidazole rings is 1. The molecular weight excluding hydrogens is 260 g/mol. The van der Waals surface area contributed by atoms with Gasteiger partial charge < -0.3 is 9.67 Å². The van der Waals surface area contributed by atoms with Crippen LogP contribution >= 0.6 is 0 Å². The van der Waals surface area contributed by atoms with Gasteiger partial charge in [0.05, 0.1) is 6.10 Å². The van der Waals surface area contributed by atoms with Gasteiger partial charge in [-0.25, -0.2) is 4.98 Å². The molecule has 1 atom stereocenters. The second-order valence-electron chi connectivity index (χ2n) is 6.63. The smallest absolute Gasteiger partial charge is 0.111 e. The van der Waals surface area contributed by atoms with Gasteiger partial charge in [-0.2, -0.15) is 0 Å². The van der Waals surface area contributed by atoms with Crippen molar-refractivity contribution < 1.29 is 5.11 Å². The summed E-state index contributed by atoms with van der Waals surface area (Å²) < 4.78 is 2.12. The first-order valence-electron chi connectivity index (χ1n) is 7.70. The Morgan fingerprint density at radius 3 is 2.43 bits per heavy atom. The third kappa shape index (κ3) is 3.94. The van der Waals surface area contributed by atoms with Crippen molar-refractivity contribution in [1.82, 2.24) is 9.55 Å². The highest BCUT2D eigenvalue weighted by Crippen LogP contribution is 2.25. The van der Waals surface area contributed by atoms with Gasteiger partial charge in [0.25, 0.3) is 0 Å². The van der Waals surface area contributed by atoms with Crippen molar-refractivity contribution in [3.8, 4) is 0 Å². The second-order valence-corrected chi connectivity index (χ2v) is 6.63. The molecule has 21 heavy (non-hydrogen) atoms. The lowest BCUT2D eigenvalue weighted by Crippen LogP contribution is -2.12. The van der Waals surface area contributed by atoms with Crippen LogP contribution in [0.1, 0.15) is 57.2 Å². The molecule has 0 aliphatic rings. The van der Waals surface area contributed by atoms with Gasteiger partial charge >= 0.3 is 0 Å². The molecule has 1 heterocycles. The summed E-state index contributed by atoms with van der Waals surface area (Å²) in [6, 6.07) is 8.27. The van der Waals surface area contributed by atoms with Gasteiger partial charge in [-0.05, 0) is 23.0 Å². The third-order valence-corrected chi connectivity index (χ3v) is 3.80. The molecule has 2 aromatic rings. The first-order chi connectivity index (χ1) is 9.91. The molecule has 0 bridgehead atoms. The predicted octanol–water partition coefficient (Wildman–Crippen LogP) is 3.87. The minimum Gasteiger partial charge on any atom is -0.388 e. The lowest BCUT2D eigenvalue weighted by molar-refractivity contribution is 0.174. The van der Waals surface area contributed by atoms with E-state index in [1.54, 1.807) is 6.20 Å². The molecule has 0 aliphatic heterocycles. The van der Waals surface area contributed by atoms with Crippen molar-refractivity contribution >= 4 is 0 Å². The zero-order valence-electron chi connectivity index (χ0n) is 13.5. The zero-order valence-corrected chi connectivity index (χ0v) is 13.5. The van der Waals surface area contributed by atoms with E-state index >= 15 is 0 Å². The lowest BCUT2D eigenvalue weighted by atomic mass is 9.86. The summed E-state index contributed by atoms with van der Waals surface area (Å²) in [7, 11) is 0. The Kier molecular flexibility index (Phi) is 4.84. The van der Waals surface area contributed by atoms with E-state index in [0.717, 1.165) is 24.4 Å². The average molecular weight is 286 g/mol. The first-order valence-corrected chi connectivity index (χ1v) is 7.70. The van der Waals surface area contributed by atoms with E-state index in [9.17, 15) is 5.11 Å². The molecule has 0 fully saturated rings. The Bertz CT molecular complexity index is 564. The van der Waals surface area contributed by atoms with Crippen LogP contribution in [0.2, 0.25) is 0 Å². The molecule has 0 saturated heterocycles. The molecule has 3 heteroatoms. The second kappa shape index (κ2) is 6.44. The molecule has 1 unspecified atom stereocenters. The van der Waals surface area contributed by atoms with E-state index in [-0.39, 0.29) is 5.41 Å². The number of hydrogen-bond acceptors (Lipinski definition) is 2. The number of hydrogen-bond donors (Lipinski definition) is 1. The predicted molar refractivity (Wildman–Crippen MR) is 86.3 cm³/mol. The van der Waals surface area contributed by atoms with E-state index in [1.807, 2.05) is 18.3 Å². The van der Waals surface area contributed by atoms with E-state index in [1.165, 1.54) is 5.56 Å². The Balaban J connectivity index is 2.09. The van der Waals surface area contributed by atoms with Crippen molar-refractivity contribution in [3.63, 3.8) is 0 Å². The maximum absolute atomic E-state index is 10.4. The fourth-order valence-corrected chi connectivity index (χ4v) is 2.47. The molecule has 1 N–H and O–H groups in total. The summed E-state index contributed by atoms with van der Waals surface area (Å²) in [5.41, 5.74) is 2.38. The molecular formula is C18H26N2O. The highest BCUT2D eigenvalue weighted by molar-refractivity contribution is 5.29. The molecule has 0 saturated carbocycles. The first kappa shape index (κ1) is 15.8. The number of aryl methyl sites for hydroxylation is 1. The van der Waals surface area contributed by atoms with Gasteiger partial charge in [0.1, 0.15) is 5.82 Å². The molecule has 0 amide bonds. The van der Waals surface area contributed by atoms with Crippen molar-refractivity contribution in [2.75, 3.05) is 0 Å².